The summed E-state index contributed by atoms with van der Waals surface area (Å²) >= 11 is 1.49. The maximum Gasteiger partial charge on any atom is 0.352 e. The van der Waals surface area contributed by atoms with Gasteiger partial charge in [0.05, 0.1) is 5.39 Å². The molecule has 2 aromatic heterocycles. The molecule has 0 bridgehead atoms. The molecule has 2 rings (SSSR count). The van der Waals surface area contributed by atoms with E-state index < -0.39 is 5.97 Å². The van der Waals surface area contributed by atoms with E-state index in [9.17, 15) is 14.7 Å². The predicted octanol–water partition coefficient (Wildman–Crippen LogP) is 2.98. The highest BCUT2D eigenvalue weighted by Gasteiger charge is 2.17. The van der Waals surface area contributed by atoms with Gasteiger partial charge in [-0.3, -0.25) is 4.79 Å². The lowest BCUT2D eigenvalue weighted by Gasteiger charge is -2.12. The highest BCUT2D eigenvalue weighted by molar-refractivity contribution is 7.19. The number of carboxylic acids is 1. The summed E-state index contributed by atoms with van der Waals surface area (Å²) in [5, 5.41) is 9.90. The first-order valence-electron chi connectivity index (χ1n) is 6.33. The number of aromatic carboxylic acids is 1. The maximum absolute atomic E-state index is 12.4. The number of thiophene rings is 1. The van der Waals surface area contributed by atoms with Crippen LogP contribution in [0, 0.1) is 5.92 Å². The smallest absolute Gasteiger partial charge is 0.352 e. The summed E-state index contributed by atoms with van der Waals surface area (Å²) in [6.45, 7) is 6.38. The number of hydrogen-bond acceptors (Lipinski definition) is 3. The predicted molar refractivity (Wildman–Crippen MR) is 77.3 cm³/mol. The first kappa shape index (κ1) is 13.8. The summed E-state index contributed by atoms with van der Waals surface area (Å²) in [6, 6.07) is 3.50. The summed E-state index contributed by atoms with van der Waals surface area (Å²) in [5.74, 6) is -0.830. The summed E-state index contributed by atoms with van der Waals surface area (Å²) in [6.07, 6.45) is 0.853. The Morgan fingerprint density at radius 3 is 2.63 bits per heavy atom. The van der Waals surface area contributed by atoms with Gasteiger partial charge < -0.3 is 9.67 Å². The van der Waals surface area contributed by atoms with E-state index in [4.69, 9.17) is 0 Å². The average molecular weight is 279 g/mol. The van der Waals surface area contributed by atoms with Crippen molar-refractivity contribution < 1.29 is 9.90 Å². The number of hydrogen-bond donors (Lipinski definition) is 1. The van der Waals surface area contributed by atoms with E-state index in [1.54, 1.807) is 6.07 Å². The molecule has 0 spiro atoms. The molecule has 0 radical (unpaired) electrons. The molecule has 0 aliphatic carbocycles. The van der Waals surface area contributed by atoms with Crippen molar-refractivity contribution in [3.63, 3.8) is 0 Å². The molecule has 0 amide bonds. The number of fused-ring (bicyclic) bond motifs is 1. The first-order valence-corrected chi connectivity index (χ1v) is 7.15. The van der Waals surface area contributed by atoms with E-state index in [1.165, 1.54) is 15.9 Å². The zero-order valence-electron chi connectivity index (χ0n) is 11.3. The van der Waals surface area contributed by atoms with Crippen molar-refractivity contribution in [1.82, 2.24) is 4.57 Å². The van der Waals surface area contributed by atoms with Crippen molar-refractivity contribution in [2.24, 2.45) is 5.92 Å². The van der Waals surface area contributed by atoms with Crippen LogP contribution in [0.2, 0.25) is 0 Å². The summed E-state index contributed by atoms with van der Waals surface area (Å²) < 4.78 is 2.14. The van der Waals surface area contributed by atoms with Gasteiger partial charge in [-0.2, -0.15) is 0 Å². The molecule has 0 saturated carbocycles. The lowest BCUT2D eigenvalue weighted by molar-refractivity contribution is 0.0683. The molecule has 102 valence electrons. The zero-order valence-corrected chi connectivity index (χ0v) is 12.1. The number of rotatable bonds is 4. The van der Waals surface area contributed by atoms with Crippen molar-refractivity contribution in [2.75, 3.05) is 0 Å². The second kappa shape index (κ2) is 5.17. The van der Waals surface area contributed by atoms with E-state index in [0.717, 1.165) is 16.0 Å². The Morgan fingerprint density at radius 1 is 1.42 bits per heavy atom. The van der Waals surface area contributed by atoms with Gasteiger partial charge in [0.2, 0.25) is 0 Å². The van der Waals surface area contributed by atoms with Crippen molar-refractivity contribution >= 4 is 27.4 Å². The zero-order chi connectivity index (χ0) is 14.2. The van der Waals surface area contributed by atoms with Gasteiger partial charge in [0.1, 0.15) is 5.69 Å². The maximum atomic E-state index is 12.4. The third-order valence-corrected chi connectivity index (χ3v) is 4.19. The number of nitrogens with zero attached hydrogens (tertiary/aromatic N) is 1. The third-order valence-electron chi connectivity index (χ3n) is 2.96. The van der Waals surface area contributed by atoms with Crippen LogP contribution in [0.3, 0.4) is 0 Å². The molecule has 1 N–H and O–H groups in total. The van der Waals surface area contributed by atoms with Gasteiger partial charge in [0.25, 0.3) is 5.56 Å². The van der Waals surface area contributed by atoms with Crippen LogP contribution < -0.4 is 5.56 Å². The number of carbonyl (C=O) groups is 1. The van der Waals surface area contributed by atoms with E-state index in [2.05, 4.69) is 0 Å². The molecule has 0 aromatic carbocycles. The third kappa shape index (κ3) is 2.56. The van der Waals surface area contributed by atoms with E-state index in [-0.39, 0.29) is 17.2 Å². The van der Waals surface area contributed by atoms with Gasteiger partial charge in [-0.05, 0) is 24.5 Å². The Bertz CT molecular complexity index is 682. The molecule has 2 heterocycles. The van der Waals surface area contributed by atoms with Crippen LogP contribution in [0.5, 0.6) is 0 Å². The minimum absolute atomic E-state index is 0.0794. The van der Waals surface area contributed by atoms with Gasteiger partial charge in [-0.25, -0.2) is 4.79 Å². The van der Waals surface area contributed by atoms with Crippen LogP contribution in [0.4, 0.5) is 0 Å². The number of aromatic nitrogens is 1. The Labute approximate surface area is 115 Å². The van der Waals surface area contributed by atoms with Crippen LogP contribution in [0.25, 0.3) is 10.1 Å². The average Bonchev–Trinajstić information content (AvgIpc) is 2.75. The normalized spacial score (nSPS) is 11.4. The SMILES string of the molecule is CCc1cc2c(=O)n(CC(C)C)c(C(=O)O)cc2s1. The fourth-order valence-corrected chi connectivity index (χ4v) is 3.12. The second-order valence-corrected chi connectivity index (χ2v) is 6.16. The standard InChI is InChI=1S/C14H17NO3S/c1-4-9-5-10-12(19-9)6-11(14(17)18)15(13(10)16)7-8(2)3/h5-6,8H,4,7H2,1-3H3,(H,17,18). The lowest BCUT2D eigenvalue weighted by atomic mass is 10.2. The molecule has 5 heteroatoms. The minimum atomic E-state index is -1.05. The van der Waals surface area contributed by atoms with Crippen molar-refractivity contribution in [3.8, 4) is 0 Å². The summed E-state index contributed by atoms with van der Waals surface area (Å²) in [5.41, 5.74) is -0.116. The minimum Gasteiger partial charge on any atom is -0.477 e. The second-order valence-electron chi connectivity index (χ2n) is 4.99. The van der Waals surface area contributed by atoms with Gasteiger partial charge in [0.15, 0.2) is 0 Å². The first-order chi connectivity index (χ1) is 8.93. The van der Waals surface area contributed by atoms with E-state index in [1.807, 2.05) is 26.8 Å². The van der Waals surface area contributed by atoms with Crippen LogP contribution in [0.15, 0.2) is 16.9 Å². The molecular formula is C14H17NO3S. The van der Waals surface area contributed by atoms with Crippen molar-refractivity contribution in [2.45, 2.75) is 33.7 Å². The van der Waals surface area contributed by atoms with Crippen LogP contribution >= 0.6 is 11.3 Å². The quantitative estimate of drug-likeness (QED) is 0.936. The molecule has 0 atom stereocenters. The number of pyridine rings is 1. The molecule has 4 nitrogen and oxygen atoms in total. The van der Waals surface area contributed by atoms with Crippen LogP contribution in [-0.4, -0.2) is 15.6 Å². The Balaban J connectivity index is 2.75. The largest absolute Gasteiger partial charge is 0.477 e. The monoisotopic (exact) mass is 279 g/mol. The van der Waals surface area contributed by atoms with Crippen molar-refractivity contribution in [3.05, 3.63) is 33.1 Å². The Kier molecular flexibility index (Phi) is 3.75. The highest BCUT2D eigenvalue weighted by Crippen LogP contribution is 2.24. The molecule has 0 saturated heterocycles. The molecule has 2 aromatic rings. The van der Waals surface area contributed by atoms with Gasteiger partial charge in [0, 0.05) is 16.1 Å². The molecule has 0 aliphatic heterocycles. The topological polar surface area (TPSA) is 59.3 Å². The van der Waals surface area contributed by atoms with Gasteiger partial charge in [-0.1, -0.05) is 20.8 Å². The molecule has 0 unspecified atom stereocenters. The van der Waals surface area contributed by atoms with Gasteiger partial charge >= 0.3 is 5.97 Å². The van der Waals surface area contributed by atoms with Gasteiger partial charge in [-0.15, -0.1) is 11.3 Å². The fourth-order valence-electron chi connectivity index (χ4n) is 2.09. The molecular weight excluding hydrogens is 262 g/mol. The van der Waals surface area contributed by atoms with Crippen LogP contribution in [-0.2, 0) is 13.0 Å². The fraction of sp³-hybridized carbons (Fsp3) is 0.429. The lowest BCUT2D eigenvalue weighted by Crippen LogP contribution is -2.27. The molecule has 0 fully saturated rings. The summed E-state index contributed by atoms with van der Waals surface area (Å²) in [4.78, 5) is 24.8. The van der Waals surface area contributed by atoms with E-state index in [0.29, 0.717) is 11.9 Å². The van der Waals surface area contributed by atoms with Crippen molar-refractivity contribution in [1.29, 1.82) is 0 Å². The number of aryl methyl sites for hydroxylation is 1. The Hall–Kier alpha value is -1.62. The van der Waals surface area contributed by atoms with Crippen LogP contribution in [0.1, 0.15) is 36.1 Å². The summed E-state index contributed by atoms with van der Waals surface area (Å²) in [7, 11) is 0. The molecule has 0 aliphatic rings. The highest BCUT2D eigenvalue weighted by atomic mass is 32.1. The number of carboxylic acid groups (broad SMARTS) is 1. The van der Waals surface area contributed by atoms with E-state index >= 15 is 0 Å². The molecule has 19 heavy (non-hydrogen) atoms. The Morgan fingerprint density at radius 2 is 2.11 bits per heavy atom.